The molecule has 88 valence electrons. The Bertz CT molecular complexity index is 517. The second kappa shape index (κ2) is 4.82. The topological polar surface area (TPSA) is 55.1 Å². The average molecular weight is 230 g/mol. The Balaban J connectivity index is 2.14. The summed E-state index contributed by atoms with van der Waals surface area (Å²) in [5.41, 5.74) is 2.26. The summed E-state index contributed by atoms with van der Waals surface area (Å²) in [4.78, 5) is 11.0. The first-order chi connectivity index (χ1) is 8.18. The number of rotatable bonds is 4. The van der Waals surface area contributed by atoms with Gasteiger partial charge in [-0.25, -0.2) is 4.79 Å². The molecule has 1 N–H and O–H groups in total. The smallest absolute Gasteiger partial charge is 0.339 e. The first kappa shape index (κ1) is 11.4. The number of aryl methyl sites for hydroxylation is 2. The van der Waals surface area contributed by atoms with Crippen molar-refractivity contribution in [2.24, 2.45) is 7.05 Å². The first-order valence-electron chi connectivity index (χ1n) is 5.46. The van der Waals surface area contributed by atoms with Gasteiger partial charge in [-0.1, -0.05) is 30.3 Å². The zero-order valence-corrected chi connectivity index (χ0v) is 9.63. The molecule has 0 amide bonds. The van der Waals surface area contributed by atoms with Gasteiger partial charge in [-0.05, 0) is 18.4 Å². The fraction of sp³-hybridized carbons (Fsp3) is 0.231. The molecule has 0 aliphatic rings. The largest absolute Gasteiger partial charge is 0.478 e. The van der Waals surface area contributed by atoms with E-state index in [0.29, 0.717) is 12.0 Å². The molecule has 0 fully saturated rings. The summed E-state index contributed by atoms with van der Waals surface area (Å²) in [7, 11) is 1.77. The van der Waals surface area contributed by atoms with Crippen LogP contribution in [0, 0.1) is 0 Å². The van der Waals surface area contributed by atoms with E-state index in [2.05, 4.69) is 5.10 Å². The third-order valence-electron chi connectivity index (χ3n) is 2.79. The third-order valence-corrected chi connectivity index (χ3v) is 2.79. The van der Waals surface area contributed by atoms with E-state index >= 15 is 0 Å². The molecule has 0 unspecified atom stereocenters. The van der Waals surface area contributed by atoms with E-state index in [-0.39, 0.29) is 0 Å². The van der Waals surface area contributed by atoms with Crippen LogP contribution in [0.2, 0.25) is 0 Å². The van der Waals surface area contributed by atoms with Crippen molar-refractivity contribution < 1.29 is 9.90 Å². The van der Waals surface area contributed by atoms with Crippen molar-refractivity contribution in [2.45, 2.75) is 12.8 Å². The third kappa shape index (κ3) is 2.53. The van der Waals surface area contributed by atoms with Gasteiger partial charge in [0.1, 0.15) is 5.56 Å². The van der Waals surface area contributed by atoms with Crippen LogP contribution in [0.5, 0.6) is 0 Å². The monoisotopic (exact) mass is 230 g/mol. The highest BCUT2D eigenvalue weighted by atomic mass is 16.4. The Morgan fingerprint density at radius 2 is 2.00 bits per heavy atom. The van der Waals surface area contributed by atoms with E-state index in [1.165, 1.54) is 11.8 Å². The Morgan fingerprint density at radius 1 is 1.29 bits per heavy atom. The molecule has 1 heterocycles. The van der Waals surface area contributed by atoms with Gasteiger partial charge in [-0.15, -0.1) is 0 Å². The Hall–Kier alpha value is -2.10. The van der Waals surface area contributed by atoms with Gasteiger partial charge in [0.15, 0.2) is 0 Å². The molecule has 0 aliphatic heterocycles. The molecule has 4 heteroatoms. The predicted octanol–water partition coefficient (Wildman–Crippen LogP) is 1.90. The standard InChI is InChI=1S/C13H14N2O2/c1-15-12(11(9-14-15)13(16)17)8-7-10-5-3-2-4-6-10/h2-6,9H,7-8H2,1H3,(H,16,17). The molecule has 0 radical (unpaired) electrons. The lowest BCUT2D eigenvalue weighted by Crippen LogP contribution is -2.06. The van der Waals surface area contributed by atoms with Crippen molar-refractivity contribution in [3.63, 3.8) is 0 Å². The second-order valence-electron chi connectivity index (χ2n) is 3.92. The second-order valence-corrected chi connectivity index (χ2v) is 3.92. The van der Waals surface area contributed by atoms with Gasteiger partial charge in [0, 0.05) is 7.05 Å². The van der Waals surface area contributed by atoms with Gasteiger partial charge in [0.25, 0.3) is 0 Å². The number of hydrogen-bond acceptors (Lipinski definition) is 2. The minimum Gasteiger partial charge on any atom is -0.478 e. The molecule has 0 bridgehead atoms. The van der Waals surface area contributed by atoms with Gasteiger partial charge in [-0.2, -0.15) is 5.10 Å². The molecule has 1 aromatic heterocycles. The van der Waals surface area contributed by atoms with Crippen LogP contribution >= 0.6 is 0 Å². The van der Waals surface area contributed by atoms with Crippen LogP contribution in [-0.2, 0) is 19.9 Å². The molecule has 0 saturated heterocycles. The zero-order chi connectivity index (χ0) is 12.3. The maximum Gasteiger partial charge on any atom is 0.339 e. The van der Waals surface area contributed by atoms with E-state index in [0.717, 1.165) is 12.1 Å². The average Bonchev–Trinajstić information content (AvgIpc) is 2.69. The fourth-order valence-corrected chi connectivity index (χ4v) is 1.85. The fourth-order valence-electron chi connectivity index (χ4n) is 1.85. The van der Waals surface area contributed by atoms with E-state index in [9.17, 15) is 4.79 Å². The quantitative estimate of drug-likeness (QED) is 0.872. The van der Waals surface area contributed by atoms with Crippen LogP contribution in [0.1, 0.15) is 21.6 Å². The lowest BCUT2D eigenvalue weighted by atomic mass is 10.1. The number of aromatic nitrogens is 2. The van der Waals surface area contributed by atoms with Crippen molar-refractivity contribution in [1.29, 1.82) is 0 Å². The summed E-state index contributed by atoms with van der Waals surface area (Å²) in [5, 5.41) is 13.0. The maximum absolute atomic E-state index is 11.0. The highest BCUT2D eigenvalue weighted by Crippen LogP contribution is 2.11. The van der Waals surface area contributed by atoms with Gasteiger partial charge < -0.3 is 5.11 Å². The van der Waals surface area contributed by atoms with E-state index in [1.807, 2.05) is 30.3 Å². The SMILES string of the molecule is Cn1ncc(C(=O)O)c1CCc1ccccc1. The van der Waals surface area contributed by atoms with Crippen molar-refractivity contribution in [2.75, 3.05) is 0 Å². The van der Waals surface area contributed by atoms with E-state index in [1.54, 1.807) is 11.7 Å². The number of aromatic carboxylic acids is 1. The van der Waals surface area contributed by atoms with Gasteiger partial charge in [0.2, 0.25) is 0 Å². The summed E-state index contributed by atoms with van der Waals surface area (Å²) in [6, 6.07) is 10.0. The minimum absolute atomic E-state index is 0.295. The first-order valence-corrected chi connectivity index (χ1v) is 5.46. The van der Waals surface area contributed by atoms with Crippen molar-refractivity contribution in [3.05, 3.63) is 53.3 Å². The van der Waals surface area contributed by atoms with Crippen LogP contribution in [0.15, 0.2) is 36.5 Å². The Kier molecular flexibility index (Phi) is 3.23. The number of nitrogens with zero attached hydrogens (tertiary/aromatic N) is 2. The van der Waals surface area contributed by atoms with Crippen molar-refractivity contribution in [3.8, 4) is 0 Å². The molecule has 1 aromatic carbocycles. The summed E-state index contributed by atoms with van der Waals surface area (Å²) >= 11 is 0. The summed E-state index contributed by atoms with van der Waals surface area (Å²) < 4.78 is 1.63. The molecule has 2 rings (SSSR count). The lowest BCUT2D eigenvalue weighted by Gasteiger charge is -2.04. The zero-order valence-electron chi connectivity index (χ0n) is 9.63. The van der Waals surface area contributed by atoms with E-state index in [4.69, 9.17) is 5.11 Å². The molecule has 0 saturated carbocycles. The van der Waals surface area contributed by atoms with Crippen LogP contribution in [-0.4, -0.2) is 20.9 Å². The summed E-state index contributed by atoms with van der Waals surface area (Å²) in [6.07, 6.45) is 2.91. The molecule has 0 atom stereocenters. The minimum atomic E-state index is -0.916. The number of benzene rings is 1. The lowest BCUT2D eigenvalue weighted by molar-refractivity contribution is 0.0695. The van der Waals surface area contributed by atoms with Crippen LogP contribution in [0.3, 0.4) is 0 Å². The van der Waals surface area contributed by atoms with E-state index < -0.39 is 5.97 Å². The number of carbonyl (C=O) groups is 1. The Morgan fingerprint density at radius 3 is 2.65 bits per heavy atom. The molecule has 0 aliphatic carbocycles. The van der Waals surface area contributed by atoms with Gasteiger partial charge in [-0.3, -0.25) is 4.68 Å². The van der Waals surface area contributed by atoms with Crippen LogP contribution in [0.25, 0.3) is 0 Å². The molecular formula is C13H14N2O2. The number of carboxylic acids is 1. The highest BCUT2D eigenvalue weighted by Gasteiger charge is 2.14. The molecule has 4 nitrogen and oxygen atoms in total. The number of carboxylic acid groups (broad SMARTS) is 1. The van der Waals surface area contributed by atoms with Crippen molar-refractivity contribution in [1.82, 2.24) is 9.78 Å². The normalized spacial score (nSPS) is 10.4. The molecular weight excluding hydrogens is 216 g/mol. The predicted molar refractivity (Wildman–Crippen MR) is 64.0 cm³/mol. The van der Waals surface area contributed by atoms with Gasteiger partial charge in [0.05, 0.1) is 11.9 Å². The van der Waals surface area contributed by atoms with Gasteiger partial charge >= 0.3 is 5.97 Å². The summed E-state index contributed by atoms with van der Waals surface area (Å²) in [6.45, 7) is 0. The number of hydrogen-bond donors (Lipinski definition) is 1. The molecule has 17 heavy (non-hydrogen) atoms. The van der Waals surface area contributed by atoms with Crippen LogP contribution < -0.4 is 0 Å². The van der Waals surface area contributed by atoms with Crippen LogP contribution in [0.4, 0.5) is 0 Å². The molecule has 2 aromatic rings. The van der Waals surface area contributed by atoms with Crippen molar-refractivity contribution >= 4 is 5.97 Å². The Labute approximate surface area is 99.5 Å². The maximum atomic E-state index is 11.0. The summed E-state index contributed by atoms with van der Waals surface area (Å²) in [5.74, 6) is -0.916. The molecule has 0 spiro atoms. The highest BCUT2D eigenvalue weighted by molar-refractivity contribution is 5.88.